The summed E-state index contributed by atoms with van der Waals surface area (Å²) >= 11 is 0. The van der Waals surface area contributed by atoms with Crippen molar-refractivity contribution in [3.63, 3.8) is 0 Å². The lowest BCUT2D eigenvalue weighted by Crippen LogP contribution is -2.62. The molecule has 2 heterocycles. The molecule has 2 aromatic carbocycles. The maximum Gasteiger partial charge on any atom is 0.294 e. The number of rotatable bonds is 2. The van der Waals surface area contributed by atoms with E-state index < -0.39 is 21.3 Å². The van der Waals surface area contributed by atoms with Crippen molar-refractivity contribution in [2.45, 2.75) is 36.8 Å². The van der Waals surface area contributed by atoms with Crippen molar-refractivity contribution in [1.82, 2.24) is 0 Å². The average Bonchev–Trinajstić information content (AvgIpc) is 2.78. The van der Waals surface area contributed by atoms with Crippen LogP contribution in [0.3, 0.4) is 0 Å². The van der Waals surface area contributed by atoms with Gasteiger partial charge in [-0.2, -0.15) is 8.42 Å². The van der Waals surface area contributed by atoms with Crippen molar-refractivity contribution >= 4 is 27.7 Å². The lowest BCUT2D eigenvalue weighted by molar-refractivity contribution is 0.0786. The molecular formula is C19H20N2O4S. The molecule has 26 heavy (non-hydrogen) atoms. The van der Waals surface area contributed by atoms with Gasteiger partial charge in [0.25, 0.3) is 10.1 Å². The normalized spacial score (nSPS) is 22.8. The molecule has 0 bridgehead atoms. The molecule has 2 aliphatic rings. The SMILES string of the molecule is CCN1c2ccc(S(=O)(=O)O)cc2C(C)(C)C12C=Nc1ccccc1O2. The zero-order valence-corrected chi connectivity index (χ0v) is 15.6. The largest absolute Gasteiger partial charge is 0.459 e. The fourth-order valence-corrected chi connectivity index (χ4v) is 4.45. The van der Waals surface area contributed by atoms with E-state index in [4.69, 9.17) is 4.74 Å². The number of ether oxygens (including phenoxy) is 1. The van der Waals surface area contributed by atoms with E-state index in [0.717, 1.165) is 16.9 Å². The standard InChI is InChI=1S/C19H20N2O4S/c1-4-21-16-10-9-13(26(22,23)24)11-14(16)18(2,3)19(21)12-20-15-7-5-6-8-17(15)25-19/h5-12H,4H2,1-3H3,(H,22,23,24). The monoisotopic (exact) mass is 372 g/mol. The van der Waals surface area contributed by atoms with E-state index in [2.05, 4.69) is 9.89 Å². The molecule has 136 valence electrons. The third-order valence-corrected chi connectivity index (χ3v) is 6.20. The second kappa shape index (κ2) is 5.31. The number of fused-ring (bicyclic) bond motifs is 2. The van der Waals surface area contributed by atoms with E-state index in [9.17, 15) is 13.0 Å². The number of aliphatic imine (C=N–C) groups is 1. The molecular weight excluding hydrogens is 352 g/mol. The summed E-state index contributed by atoms with van der Waals surface area (Å²) in [5.74, 6) is 0.685. The molecule has 6 nitrogen and oxygen atoms in total. The first-order chi connectivity index (χ1) is 12.2. The Bertz CT molecular complexity index is 1030. The van der Waals surface area contributed by atoms with Gasteiger partial charge in [0.2, 0.25) is 5.72 Å². The van der Waals surface area contributed by atoms with Crippen molar-refractivity contribution in [2.24, 2.45) is 4.99 Å². The highest BCUT2D eigenvalue weighted by atomic mass is 32.2. The first-order valence-corrected chi connectivity index (χ1v) is 9.87. The zero-order valence-electron chi connectivity index (χ0n) is 14.8. The molecule has 2 aliphatic heterocycles. The number of hydrogen-bond acceptors (Lipinski definition) is 5. The Kier molecular flexibility index (Phi) is 3.48. The molecule has 0 amide bonds. The first kappa shape index (κ1) is 17.1. The number of nitrogens with zero attached hydrogens (tertiary/aromatic N) is 2. The van der Waals surface area contributed by atoms with Crippen LogP contribution in [0.2, 0.25) is 0 Å². The number of anilines is 1. The molecule has 0 aromatic heterocycles. The number of benzene rings is 2. The highest BCUT2D eigenvalue weighted by Gasteiger charge is 2.59. The van der Waals surface area contributed by atoms with Gasteiger partial charge in [-0.05, 0) is 56.7 Å². The quantitative estimate of drug-likeness (QED) is 0.816. The summed E-state index contributed by atoms with van der Waals surface area (Å²) in [6.45, 7) is 6.65. The minimum Gasteiger partial charge on any atom is -0.459 e. The van der Waals surface area contributed by atoms with E-state index in [0.29, 0.717) is 12.3 Å². The van der Waals surface area contributed by atoms with Crippen LogP contribution in [0.5, 0.6) is 5.75 Å². The summed E-state index contributed by atoms with van der Waals surface area (Å²) in [5.41, 5.74) is 0.947. The van der Waals surface area contributed by atoms with Gasteiger partial charge < -0.3 is 9.64 Å². The molecule has 0 saturated carbocycles. The Hall–Kier alpha value is -2.38. The lowest BCUT2D eigenvalue weighted by atomic mass is 9.77. The predicted octanol–water partition coefficient (Wildman–Crippen LogP) is 3.54. The van der Waals surface area contributed by atoms with Crippen molar-refractivity contribution in [2.75, 3.05) is 11.4 Å². The zero-order chi connectivity index (χ0) is 18.7. The average molecular weight is 372 g/mol. The highest BCUT2D eigenvalue weighted by molar-refractivity contribution is 7.85. The molecule has 1 N–H and O–H groups in total. The number of para-hydroxylation sites is 2. The van der Waals surface area contributed by atoms with Crippen molar-refractivity contribution < 1.29 is 17.7 Å². The van der Waals surface area contributed by atoms with Crippen LogP contribution in [-0.4, -0.2) is 31.5 Å². The minimum absolute atomic E-state index is 0.120. The number of likely N-dealkylation sites (N-methyl/N-ethyl adjacent to an activating group) is 1. The molecule has 0 saturated heterocycles. The molecule has 1 spiro atoms. The Morgan fingerprint density at radius 2 is 1.92 bits per heavy atom. The molecule has 1 unspecified atom stereocenters. The maximum absolute atomic E-state index is 11.6. The summed E-state index contributed by atoms with van der Waals surface area (Å²) in [7, 11) is -4.28. The molecule has 2 aromatic rings. The van der Waals surface area contributed by atoms with Gasteiger partial charge in [-0.25, -0.2) is 0 Å². The van der Waals surface area contributed by atoms with Gasteiger partial charge in [0.15, 0.2) is 0 Å². The smallest absolute Gasteiger partial charge is 0.294 e. The fourth-order valence-electron chi connectivity index (χ4n) is 3.94. The van der Waals surface area contributed by atoms with Gasteiger partial charge in [-0.3, -0.25) is 9.55 Å². The number of hydrogen-bond donors (Lipinski definition) is 1. The van der Waals surface area contributed by atoms with Crippen molar-refractivity contribution in [1.29, 1.82) is 0 Å². The van der Waals surface area contributed by atoms with E-state index in [1.54, 1.807) is 12.3 Å². The van der Waals surface area contributed by atoms with Crippen LogP contribution in [-0.2, 0) is 15.5 Å². The fraction of sp³-hybridized carbons (Fsp3) is 0.316. The van der Waals surface area contributed by atoms with E-state index in [1.807, 2.05) is 45.0 Å². The second-order valence-electron chi connectivity index (χ2n) is 7.05. The Morgan fingerprint density at radius 3 is 2.62 bits per heavy atom. The third kappa shape index (κ3) is 2.13. The molecule has 1 atom stereocenters. The van der Waals surface area contributed by atoms with Crippen LogP contribution in [0.4, 0.5) is 11.4 Å². The van der Waals surface area contributed by atoms with Gasteiger partial charge in [0, 0.05) is 12.2 Å². The van der Waals surface area contributed by atoms with E-state index >= 15 is 0 Å². The lowest BCUT2D eigenvalue weighted by Gasteiger charge is -2.45. The molecule has 0 fully saturated rings. The predicted molar refractivity (Wildman–Crippen MR) is 100 cm³/mol. The summed E-state index contributed by atoms with van der Waals surface area (Å²) in [4.78, 5) is 6.58. The van der Waals surface area contributed by atoms with Crippen LogP contribution >= 0.6 is 0 Å². The van der Waals surface area contributed by atoms with E-state index in [1.165, 1.54) is 12.1 Å². The minimum atomic E-state index is -4.28. The van der Waals surface area contributed by atoms with E-state index in [-0.39, 0.29) is 4.90 Å². The summed E-state index contributed by atoms with van der Waals surface area (Å²) in [6, 6.07) is 12.2. The molecule has 4 rings (SSSR count). The van der Waals surface area contributed by atoms with Gasteiger partial charge in [-0.15, -0.1) is 0 Å². The summed E-state index contributed by atoms with van der Waals surface area (Å²) in [5, 5.41) is 0. The molecule has 0 radical (unpaired) electrons. The van der Waals surface area contributed by atoms with Crippen LogP contribution in [0.25, 0.3) is 0 Å². The van der Waals surface area contributed by atoms with Crippen molar-refractivity contribution in [3.8, 4) is 5.75 Å². The van der Waals surface area contributed by atoms with Gasteiger partial charge in [0.05, 0.1) is 16.5 Å². The van der Waals surface area contributed by atoms with Gasteiger partial charge in [0.1, 0.15) is 11.4 Å². The van der Waals surface area contributed by atoms with Crippen molar-refractivity contribution in [3.05, 3.63) is 48.0 Å². The van der Waals surface area contributed by atoms with Crippen LogP contribution < -0.4 is 9.64 Å². The Labute approximate surface area is 152 Å². The molecule has 7 heteroatoms. The summed E-state index contributed by atoms with van der Waals surface area (Å²) in [6.07, 6.45) is 1.80. The Balaban J connectivity index is 1.93. The first-order valence-electron chi connectivity index (χ1n) is 8.43. The van der Waals surface area contributed by atoms with Crippen LogP contribution in [0.15, 0.2) is 52.4 Å². The third-order valence-electron chi connectivity index (χ3n) is 5.35. The Morgan fingerprint density at radius 1 is 1.19 bits per heavy atom. The second-order valence-corrected chi connectivity index (χ2v) is 8.47. The van der Waals surface area contributed by atoms with Gasteiger partial charge in [-0.1, -0.05) is 12.1 Å². The molecule has 0 aliphatic carbocycles. The highest BCUT2D eigenvalue weighted by Crippen LogP contribution is 2.54. The van der Waals surface area contributed by atoms with Crippen LogP contribution in [0, 0.1) is 0 Å². The maximum atomic E-state index is 11.6. The summed E-state index contributed by atoms with van der Waals surface area (Å²) < 4.78 is 39.1. The van der Waals surface area contributed by atoms with Gasteiger partial charge >= 0.3 is 0 Å². The van der Waals surface area contributed by atoms with Crippen LogP contribution in [0.1, 0.15) is 26.3 Å². The topological polar surface area (TPSA) is 79.2 Å².